The van der Waals surface area contributed by atoms with Gasteiger partial charge >= 0.3 is 23.9 Å². The highest BCUT2D eigenvalue weighted by atomic mass is 32.9. The maximum atomic E-state index is 10.8. The Morgan fingerprint density at radius 3 is 0.923 bits per heavy atom. The normalized spacial score (nSPS) is 11.4. The summed E-state index contributed by atoms with van der Waals surface area (Å²) in [5.41, 5.74) is 6.88. The lowest BCUT2D eigenvalue weighted by molar-refractivity contribution is -0.150. The third-order valence-corrected chi connectivity index (χ3v) is 2.86. The van der Waals surface area contributed by atoms with Gasteiger partial charge in [0, 0.05) is 11.2 Å². The van der Waals surface area contributed by atoms with Crippen molar-refractivity contribution in [3.8, 4) is 0 Å². The number of hydrogen-bond acceptors (Lipinski definition) is 9. The van der Waals surface area contributed by atoms with Crippen molar-refractivity contribution in [2.24, 2.45) is 11.5 Å². The summed E-state index contributed by atoms with van der Waals surface area (Å²) in [6, 6.07) is 0. The molecule has 0 aromatic heterocycles. The highest BCUT2D eigenvalue weighted by Gasteiger charge is 2.51. The first-order valence-electron chi connectivity index (χ1n) is 6.07. The number of nitrogens with two attached hydrogens (primary N) is 2. The van der Waals surface area contributed by atoms with Crippen LogP contribution >= 0.6 is 0 Å². The van der Waals surface area contributed by atoms with Crippen LogP contribution in [0, 0.1) is 0 Å². The van der Waals surface area contributed by atoms with Crippen molar-refractivity contribution in [3.63, 3.8) is 0 Å². The molecule has 0 amide bonds. The van der Waals surface area contributed by atoms with Crippen LogP contribution in [0.15, 0.2) is 0 Å². The SMILES string of the molecule is N.NC(CC(=O)O)(CC(=O)O)C(N)(CC(=O)O)CC(=O)O.O=S(O)(O)=S. The van der Waals surface area contributed by atoms with E-state index < -0.39 is 69.7 Å². The summed E-state index contributed by atoms with van der Waals surface area (Å²) in [6.07, 6.45) is -3.90. The summed E-state index contributed by atoms with van der Waals surface area (Å²) in [5.74, 6) is -6.06. The van der Waals surface area contributed by atoms with Gasteiger partial charge in [0.1, 0.15) is 0 Å². The van der Waals surface area contributed by atoms with Crippen molar-refractivity contribution in [2.45, 2.75) is 36.8 Å². The van der Waals surface area contributed by atoms with Crippen LogP contribution in [0.2, 0.25) is 0 Å². The zero-order valence-corrected chi connectivity index (χ0v) is 14.9. The molecule has 26 heavy (non-hydrogen) atoms. The van der Waals surface area contributed by atoms with Gasteiger partial charge in [0.05, 0.1) is 36.8 Å². The molecule has 0 aromatic rings. The third-order valence-electron chi connectivity index (χ3n) is 2.86. The molecule has 0 aliphatic carbocycles. The molecule has 0 atom stereocenters. The third kappa shape index (κ3) is 13.4. The molecule has 0 fully saturated rings. The van der Waals surface area contributed by atoms with Crippen LogP contribution < -0.4 is 17.6 Å². The second-order valence-electron chi connectivity index (χ2n) is 5.04. The minimum absolute atomic E-state index is 0. The van der Waals surface area contributed by atoms with E-state index in [0.717, 1.165) is 0 Å². The molecule has 0 aromatic carbocycles. The molecular weight excluding hydrogens is 402 g/mol. The smallest absolute Gasteiger partial charge is 0.305 e. The van der Waals surface area contributed by atoms with Crippen molar-refractivity contribution < 1.29 is 52.9 Å². The molecule has 0 aliphatic rings. The molecule has 0 aliphatic heterocycles. The molecule has 14 nitrogen and oxygen atoms in total. The van der Waals surface area contributed by atoms with E-state index >= 15 is 0 Å². The van der Waals surface area contributed by atoms with Crippen LogP contribution in [0.3, 0.4) is 0 Å². The largest absolute Gasteiger partial charge is 0.481 e. The Kier molecular flexibility index (Phi) is 12.1. The first-order chi connectivity index (χ1) is 10.9. The molecule has 0 spiro atoms. The predicted molar refractivity (Wildman–Crippen MR) is 88.6 cm³/mol. The van der Waals surface area contributed by atoms with E-state index in [-0.39, 0.29) is 6.15 Å². The minimum Gasteiger partial charge on any atom is -0.481 e. The maximum Gasteiger partial charge on any atom is 0.305 e. The Labute approximate surface area is 152 Å². The molecule has 0 rings (SSSR count). The molecule has 13 N–H and O–H groups in total. The lowest BCUT2D eigenvalue weighted by atomic mass is 9.69. The van der Waals surface area contributed by atoms with Crippen LogP contribution in [-0.4, -0.2) is 68.7 Å². The minimum atomic E-state index is -3.83. The summed E-state index contributed by atoms with van der Waals surface area (Å²) in [5, 5.41) is 35.1. The monoisotopic (exact) mass is 423 g/mol. The quantitative estimate of drug-likeness (QED) is 0.196. The number of aliphatic carboxylic acids is 4. The van der Waals surface area contributed by atoms with Crippen LogP contribution in [0.25, 0.3) is 0 Å². The fourth-order valence-electron chi connectivity index (χ4n) is 1.91. The van der Waals surface area contributed by atoms with Crippen molar-refractivity contribution in [3.05, 3.63) is 0 Å². The summed E-state index contributed by atoms with van der Waals surface area (Å²) in [4.78, 5) is 43.2. The van der Waals surface area contributed by atoms with E-state index in [1.54, 1.807) is 0 Å². The molecular formula is C10H21N3O11S2. The fourth-order valence-corrected chi connectivity index (χ4v) is 1.91. The van der Waals surface area contributed by atoms with E-state index in [4.69, 9.17) is 45.2 Å². The number of hydrogen-bond donors (Lipinski definition) is 9. The van der Waals surface area contributed by atoms with Crippen LogP contribution in [-0.2, 0) is 39.4 Å². The Balaban J connectivity index is -0.000000772. The number of carbonyl (C=O) groups is 4. The fraction of sp³-hybridized carbons (Fsp3) is 0.600. The van der Waals surface area contributed by atoms with Gasteiger partial charge < -0.3 is 38.0 Å². The average Bonchev–Trinajstić information content (AvgIpc) is 2.20. The Hall–Kier alpha value is -1.95. The molecule has 154 valence electrons. The van der Waals surface area contributed by atoms with Crippen molar-refractivity contribution >= 4 is 44.1 Å². The van der Waals surface area contributed by atoms with Crippen LogP contribution in [0.4, 0.5) is 0 Å². The molecule has 0 unspecified atom stereocenters. The zero-order chi connectivity index (χ0) is 20.6. The van der Waals surface area contributed by atoms with E-state index in [0.29, 0.717) is 0 Å². The first-order valence-corrected chi connectivity index (χ1v) is 8.46. The number of rotatable bonds is 9. The predicted octanol–water partition coefficient (Wildman–Crippen LogP) is -1.88. The molecule has 0 radical (unpaired) electrons. The van der Waals surface area contributed by atoms with Crippen LogP contribution in [0.1, 0.15) is 25.7 Å². The average molecular weight is 423 g/mol. The van der Waals surface area contributed by atoms with E-state index in [1.165, 1.54) is 0 Å². The van der Waals surface area contributed by atoms with Gasteiger partial charge in [-0.25, -0.2) is 0 Å². The van der Waals surface area contributed by atoms with Gasteiger partial charge in [-0.05, 0) is 0 Å². The maximum absolute atomic E-state index is 10.8. The zero-order valence-electron chi connectivity index (χ0n) is 13.2. The van der Waals surface area contributed by atoms with E-state index in [1.807, 2.05) is 0 Å². The summed E-state index contributed by atoms with van der Waals surface area (Å²) in [7, 11) is -3.83. The highest BCUT2D eigenvalue weighted by Crippen LogP contribution is 2.31. The van der Waals surface area contributed by atoms with Crippen molar-refractivity contribution in [1.82, 2.24) is 6.15 Å². The lowest BCUT2D eigenvalue weighted by Crippen LogP contribution is -2.68. The highest BCUT2D eigenvalue weighted by molar-refractivity contribution is 8.26. The number of carboxylic acid groups (broad SMARTS) is 4. The summed E-state index contributed by atoms with van der Waals surface area (Å²) >= 11 is 3.47. The standard InChI is InChI=1S/C10H16N2O8.H3N.H2O3S2/c11-9(1-5(13)14,2-6(15)16)10(12,3-7(17)18)4-8(19)20;;1-5(2,3)4/h1-4,11-12H2,(H,13,14)(H,15,16)(H,17,18)(H,19,20);1H3;(H2,1,2,3,4). The van der Waals surface area contributed by atoms with Gasteiger partial charge in [-0.15, -0.1) is 0 Å². The van der Waals surface area contributed by atoms with E-state index in [9.17, 15) is 19.2 Å². The Morgan fingerprint density at radius 1 is 0.731 bits per heavy atom. The van der Waals surface area contributed by atoms with Crippen molar-refractivity contribution in [2.75, 3.05) is 0 Å². The Morgan fingerprint density at radius 2 is 0.846 bits per heavy atom. The van der Waals surface area contributed by atoms with Crippen molar-refractivity contribution in [1.29, 1.82) is 0 Å². The molecule has 0 saturated heterocycles. The second-order valence-corrected chi connectivity index (χ2v) is 7.24. The molecule has 16 heteroatoms. The molecule has 0 heterocycles. The first kappa shape index (κ1) is 28.8. The van der Waals surface area contributed by atoms with Gasteiger partial charge in [-0.1, -0.05) is 0 Å². The van der Waals surface area contributed by atoms with Gasteiger partial charge in [0.25, 0.3) is 9.05 Å². The Bertz CT molecular complexity index is 554. The lowest BCUT2D eigenvalue weighted by Gasteiger charge is -2.42. The molecule has 0 bridgehead atoms. The van der Waals surface area contributed by atoms with Gasteiger partial charge in [-0.3, -0.25) is 28.3 Å². The number of carboxylic acids is 4. The van der Waals surface area contributed by atoms with E-state index in [2.05, 4.69) is 11.2 Å². The van der Waals surface area contributed by atoms with Gasteiger partial charge in [0.2, 0.25) is 0 Å². The second kappa shape index (κ2) is 10.9. The summed E-state index contributed by atoms with van der Waals surface area (Å²) < 4.78 is 24.0. The summed E-state index contributed by atoms with van der Waals surface area (Å²) in [6.45, 7) is 0. The molecule has 0 saturated carbocycles. The van der Waals surface area contributed by atoms with Gasteiger partial charge in [-0.2, -0.15) is 4.21 Å². The topological polar surface area (TPSA) is 294 Å². The van der Waals surface area contributed by atoms with Gasteiger partial charge in [0.15, 0.2) is 0 Å². The van der Waals surface area contributed by atoms with Crippen LogP contribution in [0.5, 0.6) is 0 Å².